The SMILES string of the molecule is CCNC(=NCC(C)Cc1cccs1)NCC1CC(=O)Nc2ccccc21.I. The van der Waals surface area contributed by atoms with Crippen LogP contribution in [-0.4, -0.2) is 31.5 Å². The van der Waals surface area contributed by atoms with E-state index in [0.717, 1.165) is 31.2 Å². The van der Waals surface area contributed by atoms with Crippen LogP contribution in [0.5, 0.6) is 0 Å². The maximum absolute atomic E-state index is 12.0. The first-order chi connectivity index (χ1) is 13.2. The highest BCUT2D eigenvalue weighted by Crippen LogP contribution is 2.31. The van der Waals surface area contributed by atoms with Gasteiger partial charge in [0.2, 0.25) is 5.91 Å². The van der Waals surface area contributed by atoms with Gasteiger partial charge in [-0.25, -0.2) is 0 Å². The Balaban J connectivity index is 0.00000280. The molecule has 5 nitrogen and oxygen atoms in total. The van der Waals surface area contributed by atoms with E-state index in [1.54, 1.807) is 11.3 Å². The molecule has 1 aliphatic heterocycles. The van der Waals surface area contributed by atoms with Crippen LogP contribution in [0.15, 0.2) is 46.8 Å². The molecule has 0 aliphatic carbocycles. The van der Waals surface area contributed by atoms with Gasteiger partial charge < -0.3 is 16.0 Å². The molecule has 3 rings (SSSR count). The van der Waals surface area contributed by atoms with Crippen LogP contribution < -0.4 is 16.0 Å². The highest BCUT2D eigenvalue weighted by molar-refractivity contribution is 14.0. The number of nitrogens with one attached hydrogen (secondary N) is 3. The van der Waals surface area contributed by atoms with Crippen LogP contribution in [-0.2, 0) is 11.2 Å². The number of benzene rings is 1. The largest absolute Gasteiger partial charge is 0.357 e. The summed E-state index contributed by atoms with van der Waals surface area (Å²) in [5.41, 5.74) is 2.11. The first-order valence-corrected chi connectivity index (χ1v) is 10.5. The molecular formula is C21H29IN4OS. The number of fused-ring (bicyclic) bond motifs is 1. The Morgan fingerprint density at radius 3 is 2.86 bits per heavy atom. The average Bonchev–Trinajstić information content (AvgIpc) is 3.16. The number of carbonyl (C=O) groups excluding carboxylic acids is 1. The minimum Gasteiger partial charge on any atom is -0.357 e. The highest BCUT2D eigenvalue weighted by Gasteiger charge is 2.24. The van der Waals surface area contributed by atoms with Crippen molar-refractivity contribution in [1.82, 2.24) is 10.6 Å². The fraction of sp³-hybridized carbons (Fsp3) is 0.429. The summed E-state index contributed by atoms with van der Waals surface area (Å²) in [6, 6.07) is 12.3. The van der Waals surface area contributed by atoms with Crippen LogP contribution in [0.4, 0.5) is 5.69 Å². The summed E-state index contributed by atoms with van der Waals surface area (Å²) in [6.45, 7) is 6.57. The molecule has 1 aromatic heterocycles. The van der Waals surface area contributed by atoms with Crippen LogP contribution >= 0.6 is 35.3 Å². The number of nitrogens with zero attached hydrogens (tertiary/aromatic N) is 1. The van der Waals surface area contributed by atoms with Crippen molar-refractivity contribution in [3.05, 3.63) is 52.2 Å². The van der Waals surface area contributed by atoms with E-state index in [-0.39, 0.29) is 35.8 Å². The maximum atomic E-state index is 12.0. The second-order valence-corrected chi connectivity index (χ2v) is 8.06. The lowest BCUT2D eigenvalue weighted by Gasteiger charge is -2.26. The lowest BCUT2D eigenvalue weighted by atomic mass is 9.90. The molecule has 1 aliphatic rings. The number of carbonyl (C=O) groups is 1. The molecule has 0 bridgehead atoms. The molecule has 3 N–H and O–H groups in total. The summed E-state index contributed by atoms with van der Waals surface area (Å²) >= 11 is 1.80. The zero-order valence-electron chi connectivity index (χ0n) is 16.4. The Labute approximate surface area is 188 Å². The van der Waals surface area contributed by atoms with E-state index in [1.807, 2.05) is 18.2 Å². The van der Waals surface area contributed by atoms with Crippen molar-refractivity contribution in [2.24, 2.45) is 10.9 Å². The number of rotatable bonds is 7. The lowest BCUT2D eigenvalue weighted by molar-refractivity contribution is -0.116. The number of hydrogen-bond acceptors (Lipinski definition) is 3. The number of thiophene rings is 1. The Morgan fingerprint density at radius 2 is 2.11 bits per heavy atom. The maximum Gasteiger partial charge on any atom is 0.225 e. The number of hydrogen-bond donors (Lipinski definition) is 3. The Kier molecular flexibility index (Phi) is 9.24. The van der Waals surface area contributed by atoms with Crippen LogP contribution in [0.1, 0.15) is 36.6 Å². The Bertz CT molecular complexity index is 778. The summed E-state index contributed by atoms with van der Waals surface area (Å²) in [5, 5.41) is 11.8. The van der Waals surface area contributed by atoms with Crippen molar-refractivity contribution >= 4 is 52.9 Å². The molecule has 2 unspecified atom stereocenters. The minimum absolute atomic E-state index is 0. The number of anilines is 1. The van der Waals surface area contributed by atoms with Gasteiger partial charge in [0.15, 0.2) is 5.96 Å². The molecular weight excluding hydrogens is 483 g/mol. The summed E-state index contributed by atoms with van der Waals surface area (Å²) in [6.07, 6.45) is 1.55. The van der Waals surface area contributed by atoms with Crippen molar-refractivity contribution in [2.75, 3.05) is 25.0 Å². The van der Waals surface area contributed by atoms with Crippen LogP contribution in [0, 0.1) is 5.92 Å². The van der Waals surface area contributed by atoms with Gasteiger partial charge in [0.25, 0.3) is 0 Å². The molecule has 7 heteroatoms. The lowest BCUT2D eigenvalue weighted by Crippen LogP contribution is -2.41. The van der Waals surface area contributed by atoms with Gasteiger partial charge in [-0.15, -0.1) is 35.3 Å². The van der Waals surface area contributed by atoms with Crippen molar-refractivity contribution in [3.8, 4) is 0 Å². The van der Waals surface area contributed by atoms with E-state index < -0.39 is 0 Å². The minimum atomic E-state index is 0. The van der Waals surface area contributed by atoms with Crippen molar-refractivity contribution in [3.63, 3.8) is 0 Å². The number of guanidine groups is 1. The smallest absolute Gasteiger partial charge is 0.225 e. The van der Waals surface area contributed by atoms with E-state index in [0.29, 0.717) is 18.9 Å². The fourth-order valence-corrected chi connectivity index (χ4v) is 4.20. The second-order valence-electron chi connectivity index (χ2n) is 7.03. The van der Waals surface area contributed by atoms with Gasteiger partial charge in [-0.2, -0.15) is 0 Å². The molecule has 1 amide bonds. The summed E-state index contributed by atoms with van der Waals surface area (Å²) in [7, 11) is 0. The van der Waals surface area contributed by atoms with Gasteiger partial charge >= 0.3 is 0 Å². The molecule has 28 heavy (non-hydrogen) atoms. The molecule has 0 saturated heterocycles. The summed E-state index contributed by atoms with van der Waals surface area (Å²) in [5.74, 6) is 1.54. The number of amides is 1. The third-order valence-corrected chi connectivity index (χ3v) is 5.56. The van der Waals surface area contributed by atoms with Crippen LogP contribution in [0.2, 0.25) is 0 Å². The van der Waals surface area contributed by atoms with E-state index in [2.05, 4.69) is 53.4 Å². The molecule has 1 aromatic carbocycles. The van der Waals surface area contributed by atoms with Gasteiger partial charge in [0.1, 0.15) is 0 Å². The standard InChI is InChI=1S/C21H28N4OS.HI/c1-3-22-21(23-13-15(2)11-17-7-6-10-27-17)24-14-16-12-20(26)25-19-9-5-4-8-18(16)19;/h4-10,15-16H,3,11-14H2,1-2H3,(H,25,26)(H2,22,23,24);1H. The molecule has 2 atom stereocenters. The average molecular weight is 512 g/mol. The van der Waals surface area contributed by atoms with E-state index >= 15 is 0 Å². The third-order valence-electron chi connectivity index (χ3n) is 4.66. The van der Waals surface area contributed by atoms with Gasteiger partial charge in [0, 0.05) is 42.5 Å². The second kappa shape index (κ2) is 11.4. The number of aliphatic imine (C=N–C) groups is 1. The van der Waals surface area contributed by atoms with Gasteiger partial charge in [0.05, 0.1) is 0 Å². The number of halogens is 1. The molecule has 0 spiro atoms. The fourth-order valence-electron chi connectivity index (χ4n) is 3.33. The van der Waals surface area contributed by atoms with Gasteiger partial charge in [-0.05, 0) is 42.3 Å². The highest BCUT2D eigenvalue weighted by atomic mass is 127. The van der Waals surface area contributed by atoms with Gasteiger partial charge in [-0.1, -0.05) is 31.2 Å². The topological polar surface area (TPSA) is 65.5 Å². The molecule has 0 radical (unpaired) electrons. The molecule has 0 fully saturated rings. The van der Waals surface area contributed by atoms with Crippen molar-refractivity contribution in [1.29, 1.82) is 0 Å². The first-order valence-electron chi connectivity index (χ1n) is 9.59. The Hall–Kier alpha value is -1.61. The van der Waals surface area contributed by atoms with Crippen molar-refractivity contribution < 1.29 is 4.79 Å². The van der Waals surface area contributed by atoms with E-state index in [4.69, 9.17) is 4.99 Å². The van der Waals surface area contributed by atoms with Crippen molar-refractivity contribution in [2.45, 2.75) is 32.6 Å². The Morgan fingerprint density at radius 1 is 1.29 bits per heavy atom. The predicted molar refractivity (Wildman–Crippen MR) is 129 cm³/mol. The third kappa shape index (κ3) is 6.48. The molecule has 2 heterocycles. The summed E-state index contributed by atoms with van der Waals surface area (Å²) < 4.78 is 0. The monoisotopic (exact) mass is 512 g/mol. The molecule has 0 saturated carbocycles. The first kappa shape index (κ1) is 22.7. The normalized spacial score (nSPS) is 17.1. The van der Waals surface area contributed by atoms with Crippen LogP contribution in [0.25, 0.3) is 0 Å². The van der Waals surface area contributed by atoms with Crippen LogP contribution in [0.3, 0.4) is 0 Å². The zero-order valence-corrected chi connectivity index (χ0v) is 19.6. The molecule has 152 valence electrons. The zero-order chi connectivity index (χ0) is 19.1. The molecule has 2 aromatic rings. The van der Waals surface area contributed by atoms with Gasteiger partial charge in [-0.3, -0.25) is 9.79 Å². The quantitative estimate of drug-likeness (QED) is 0.296. The summed E-state index contributed by atoms with van der Waals surface area (Å²) in [4.78, 5) is 18.1. The number of para-hydroxylation sites is 1. The predicted octanol–water partition coefficient (Wildman–Crippen LogP) is 4.23. The van der Waals surface area contributed by atoms with E-state index in [9.17, 15) is 4.79 Å². The van der Waals surface area contributed by atoms with E-state index in [1.165, 1.54) is 10.4 Å².